The van der Waals surface area contributed by atoms with Gasteiger partial charge in [0.2, 0.25) is 5.91 Å². The van der Waals surface area contributed by atoms with E-state index in [4.69, 9.17) is 0 Å². The Hall–Kier alpha value is -1.62. The number of nitrogens with one attached hydrogen (secondary N) is 1. The highest BCUT2D eigenvalue weighted by Gasteiger charge is 2.02. The first kappa shape index (κ1) is 10.9. The van der Waals surface area contributed by atoms with Crippen LogP contribution < -0.4 is 5.32 Å². The molecule has 84 valence electrons. The van der Waals surface area contributed by atoms with Crippen LogP contribution in [0.25, 0.3) is 11.0 Å². The Kier molecular flexibility index (Phi) is 3.05. The Labute approximate surface area is 97.6 Å². The number of carbonyl (C=O) groups excluding carboxylic acids is 1. The summed E-state index contributed by atoms with van der Waals surface area (Å²) in [5.74, 6) is -0.0832. The predicted molar refractivity (Wildman–Crippen MR) is 65.4 cm³/mol. The molecule has 2 aromatic heterocycles. The lowest BCUT2D eigenvalue weighted by molar-refractivity contribution is -0.116. The summed E-state index contributed by atoms with van der Waals surface area (Å²) in [6.45, 7) is 3.86. The van der Waals surface area contributed by atoms with Crippen LogP contribution in [0.3, 0.4) is 0 Å². The van der Waals surface area contributed by atoms with Crippen molar-refractivity contribution in [1.29, 1.82) is 0 Å². The van der Waals surface area contributed by atoms with Crippen LogP contribution in [0.4, 0.5) is 0 Å². The molecule has 4 nitrogen and oxygen atoms in total. The number of rotatable bonds is 3. The summed E-state index contributed by atoms with van der Waals surface area (Å²) in [6.07, 6.45) is 6.99. The topological polar surface area (TPSA) is 46.4 Å². The number of fused-ring (bicyclic) bond motifs is 1. The lowest BCUT2D eigenvalue weighted by Crippen LogP contribution is -2.28. The molecule has 0 unspecified atom stereocenters. The third-order valence-electron chi connectivity index (χ3n) is 2.01. The smallest absolute Gasteiger partial charge is 0.244 e. The number of hydrogen-bond donors (Lipinski definition) is 1. The second-order valence-electron chi connectivity index (χ2n) is 3.74. The molecular weight excluding hydrogens is 222 g/mol. The first-order valence-electron chi connectivity index (χ1n) is 5.06. The lowest BCUT2D eigenvalue weighted by Gasteiger charge is -2.03. The summed E-state index contributed by atoms with van der Waals surface area (Å²) < 4.78 is 1.95. The first-order chi connectivity index (χ1) is 7.66. The molecule has 0 atom stereocenters. The van der Waals surface area contributed by atoms with Gasteiger partial charge >= 0.3 is 0 Å². The molecule has 0 radical (unpaired) electrons. The molecule has 0 aliphatic heterocycles. The van der Waals surface area contributed by atoms with Crippen LogP contribution in [0.1, 0.15) is 19.5 Å². The van der Waals surface area contributed by atoms with Crippen molar-refractivity contribution in [2.24, 2.45) is 0 Å². The van der Waals surface area contributed by atoms with E-state index in [0.717, 1.165) is 10.7 Å². The Bertz CT molecular complexity index is 524. The van der Waals surface area contributed by atoms with E-state index < -0.39 is 0 Å². The van der Waals surface area contributed by atoms with E-state index in [2.05, 4.69) is 10.3 Å². The number of thiazole rings is 1. The summed E-state index contributed by atoms with van der Waals surface area (Å²) in [6, 6.07) is 0.156. The van der Waals surface area contributed by atoms with Gasteiger partial charge < -0.3 is 5.32 Å². The van der Waals surface area contributed by atoms with E-state index in [1.165, 1.54) is 6.08 Å². The van der Waals surface area contributed by atoms with Gasteiger partial charge in [-0.05, 0) is 19.9 Å². The standard InChI is InChI=1S/C11H13N3OS/c1-8(2)13-10(15)4-3-9-7-12-11-14(9)5-6-16-11/h3-8H,1-2H3,(H,13,15)/b4-3+. The minimum absolute atomic E-state index is 0.0832. The van der Waals surface area contributed by atoms with Crippen molar-refractivity contribution >= 4 is 28.3 Å². The van der Waals surface area contributed by atoms with Crippen molar-refractivity contribution < 1.29 is 4.79 Å². The summed E-state index contributed by atoms with van der Waals surface area (Å²) in [5, 5.41) is 4.76. The number of hydrogen-bond acceptors (Lipinski definition) is 3. The van der Waals surface area contributed by atoms with Crippen molar-refractivity contribution in [3.8, 4) is 0 Å². The van der Waals surface area contributed by atoms with Gasteiger partial charge in [0.1, 0.15) is 0 Å². The average molecular weight is 235 g/mol. The van der Waals surface area contributed by atoms with Gasteiger partial charge in [0.25, 0.3) is 0 Å². The summed E-state index contributed by atoms with van der Waals surface area (Å²) in [7, 11) is 0. The number of aromatic nitrogens is 2. The minimum Gasteiger partial charge on any atom is -0.350 e. The first-order valence-corrected chi connectivity index (χ1v) is 5.94. The van der Waals surface area contributed by atoms with Gasteiger partial charge in [0, 0.05) is 23.7 Å². The van der Waals surface area contributed by atoms with Crippen molar-refractivity contribution in [2.75, 3.05) is 0 Å². The van der Waals surface area contributed by atoms with Crippen LogP contribution >= 0.6 is 11.3 Å². The lowest BCUT2D eigenvalue weighted by atomic mass is 10.3. The van der Waals surface area contributed by atoms with E-state index in [1.807, 2.05) is 29.8 Å². The molecule has 16 heavy (non-hydrogen) atoms. The largest absolute Gasteiger partial charge is 0.350 e. The summed E-state index contributed by atoms with van der Waals surface area (Å²) in [5.41, 5.74) is 0.912. The molecule has 0 saturated carbocycles. The SMILES string of the molecule is CC(C)NC(=O)/C=C/c1cnc2sccn12. The van der Waals surface area contributed by atoms with Crippen LogP contribution in [-0.2, 0) is 4.79 Å². The third kappa shape index (κ3) is 2.30. The van der Waals surface area contributed by atoms with Gasteiger partial charge in [-0.3, -0.25) is 9.20 Å². The van der Waals surface area contributed by atoms with Gasteiger partial charge in [0.15, 0.2) is 4.96 Å². The summed E-state index contributed by atoms with van der Waals surface area (Å²) in [4.78, 5) is 16.5. The molecule has 5 heteroatoms. The molecule has 2 rings (SSSR count). The second kappa shape index (κ2) is 4.49. The van der Waals surface area contributed by atoms with Crippen LogP contribution in [0.15, 0.2) is 23.8 Å². The zero-order chi connectivity index (χ0) is 11.5. The molecule has 2 aromatic rings. The molecule has 0 fully saturated rings. The average Bonchev–Trinajstić information content (AvgIpc) is 2.75. The maximum absolute atomic E-state index is 11.4. The highest BCUT2D eigenvalue weighted by atomic mass is 32.1. The fourth-order valence-corrected chi connectivity index (χ4v) is 2.06. The van der Waals surface area contributed by atoms with Gasteiger partial charge in [-0.1, -0.05) is 0 Å². The van der Waals surface area contributed by atoms with Gasteiger partial charge in [-0.25, -0.2) is 4.98 Å². The van der Waals surface area contributed by atoms with Crippen molar-refractivity contribution in [2.45, 2.75) is 19.9 Å². The monoisotopic (exact) mass is 235 g/mol. The molecule has 0 aliphatic carbocycles. The molecule has 0 aromatic carbocycles. The predicted octanol–water partition coefficient (Wildman–Crippen LogP) is 1.93. The normalized spacial score (nSPS) is 11.7. The van der Waals surface area contributed by atoms with Crippen molar-refractivity contribution in [1.82, 2.24) is 14.7 Å². The third-order valence-corrected chi connectivity index (χ3v) is 2.78. The maximum Gasteiger partial charge on any atom is 0.244 e. The Balaban J connectivity index is 2.13. The minimum atomic E-state index is -0.0832. The molecule has 1 N–H and O–H groups in total. The van der Waals surface area contributed by atoms with Crippen molar-refractivity contribution in [3.05, 3.63) is 29.5 Å². The molecule has 0 spiro atoms. The van der Waals surface area contributed by atoms with Gasteiger partial charge in [-0.2, -0.15) is 0 Å². The molecular formula is C11H13N3OS. The molecule has 1 amide bonds. The van der Waals surface area contributed by atoms with E-state index in [0.29, 0.717) is 0 Å². The zero-order valence-electron chi connectivity index (χ0n) is 9.18. The molecule has 0 bridgehead atoms. The fraction of sp³-hybridized carbons (Fsp3) is 0.273. The van der Waals surface area contributed by atoms with E-state index in [1.54, 1.807) is 23.6 Å². The number of nitrogens with zero attached hydrogens (tertiary/aromatic N) is 2. The quantitative estimate of drug-likeness (QED) is 0.826. The van der Waals surface area contributed by atoms with Crippen molar-refractivity contribution in [3.63, 3.8) is 0 Å². The molecule has 0 aliphatic rings. The summed E-state index contributed by atoms with van der Waals surface area (Å²) >= 11 is 1.57. The van der Waals surface area contributed by atoms with Crippen LogP contribution in [0.2, 0.25) is 0 Å². The maximum atomic E-state index is 11.4. The van der Waals surface area contributed by atoms with Gasteiger partial charge in [0.05, 0.1) is 11.9 Å². The van der Waals surface area contributed by atoms with E-state index in [-0.39, 0.29) is 11.9 Å². The Morgan fingerprint density at radius 2 is 2.44 bits per heavy atom. The van der Waals surface area contributed by atoms with Gasteiger partial charge in [-0.15, -0.1) is 11.3 Å². The van der Waals surface area contributed by atoms with Crippen LogP contribution in [-0.4, -0.2) is 21.3 Å². The number of amides is 1. The highest BCUT2D eigenvalue weighted by molar-refractivity contribution is 7.15. The number of carbonyl (C=O) groups is 1. The molecule has 0 saturated heterocycles. The zero-order valence-corrected chi connectivity index (χ0v) is 9.99. The van der Waals surface area contributed by atoms with Crippen LogP contribution in [0, 0.1) is 0 Å². The Morgan fingerprint density at radius 1 is 1.62 bits per heavy atom. The Morgan fingerprint density at radius 3 is 3.19 bits per heavy atom. The number of imidazole rings is 1. The van der Waals surface area contributed by atoms with E-state index in [9.17, 15) is 4.79 Å². The highest BCUT2D eigenvalue weighted by Crippen LogP contribution is 2.13. The molecule has 2 heterocycles. The van der Waals surface area contributed by atoms with E-state index >= 15 is 0 Å². The fourth-order valence-electron chi connectivity index (χ4n) is 1.36. The second-order valence-corrected chi connectivity index (χ2v) is 4.61. The van der Waals surface area contributed by atoms with Crippen LogP contribution in [0.5, 0.6) is 0 Å².